The zero-order valence-corrected chi connectivity index (χ0v) is 14.1. The lowest BCUT2D eigenvalue weighted by atomic mass is 9.66. The summed E-state index contributed by atoms with van der Waals surface area (Å²) in [7, 11) is 1.66. The minimum atomic E-state index is -0.618. The fraction of sp³-hybridized carbons (Fsp3) is 0.632. The molecule has 1 heterocycles. The van der Waals surface area contributed by atoms with Crippen molar-refractivity contribution in [1.82, 2.24) is 4.90 Å². The highest BCUT2D eigenvalue weighted by molar-refractivity contribution is 5.76. The Morgan fingerprint density at radius 3 is 2.70 bits per heavy atom. The number of carbonyl (C=O) groups is 1. The second-order valence-electron chi connectivity index (χ2n) is 6.86. The SMILES string of the molecule is CCC(=O)N1CC[C@]2(O)CCCC[C@@H]2[C@H]1c1ccc(OC)cc1. The topological polar surface area (TPSA) is 49.8 Å². The Morgan fingerprint density at radius 1 is 1.30 bits per heavy atom. The Hall–Kier alpha value is -1.55. The van der Waals surface area contributed by atoms with E-state index in [4.69, 9.17) is 4.74 Å². The van der Waals surface area contributed by atoms with Crippen molar-refractivity contribution in [3.63, 3.8) is 0 Å². The smallest absolute Gasteiger partial charge is 0.222 e. The van der Waals surface area contributed by atoms with Gasteiger partial charge in [-0.1, -0.05) is 31.9 Å². The highest BCUT2D eigenvalue weighted by atomic mass is 16.5. The van der Waals surface area contributed by atoms with Gasteiger partial charge in [-0.3, -0.25) is 4.79 Å². The maximum Gasteiger partial charge on any atom is 0.222 e. The van der Waals surface area contributed by atoms with E-state index in [9.17, 15) is 9.90 Å². The molecule has 1 saturated carbocycles. The van der Waals surface area contributed by atoms with Crippen molar-refractivity contribution in [1.29, 1.82) is 0 Å². The molecule has 0 radical (unpaired) electrons. The van der Waals surface area contributed by atoms with E-state index in [0.717, 1.165) is 37.0 Å². The molecule has 0 aromatic heterocycles. The maximum absolute atomic E-state index is 12.5. The number of rotatable bonds is 3. The zero-order valence-electron chi connectivity index (χ0n) is 14.1. The number of likely N-dealkylation sites (tertiary alicyclic amines) is 1. The van der Waals surface area contributed by atoms with Crippen LogP contribution in [-0.2, 0) is 4.79 Å². The lowest BCUT2D eigenvalue weighted by Crippen LogP contribution is -2.56. The van der Waals surface area contributed by atoms with E-state index in [2.05, 4.69) is 0 Å². The molecular weight excluding hydrogens is 290 g/mol. The largest absolute Gasteiger partial charge is 0.497 e. The summed E-state index contributed by atoms with van der Waals surface area (Å²) in [6.45, 7) is 2.56. The van der Waals surface area contributed by atoms with Crippen molar-refractivity contribution in [3.05, 3.63) is 29.8 Å². The van der Waals surface area contributed by atoms with E-state index in [1.54, 1.807) is 7.11 Å². The number of nitrogens with zero attached hydrogens (tertiary/aromatic N) is 1. The molecule has 1 saturated heterocycles. The van der Waals surface area contributed by atoms with Crippen molar-refractivity contribution in [2.45, 2.75) is 57.1 Å². The number of hydrogen-bond donors (Lipinski definition) is 1. The van der Waals surface area contributed by atoms with Crippen molar-refractivity contribution in [2.24, 2.45) is 5.92 Å². The molecule has 1 amide bonds. The summed E-state index contributed by atoms with van der Waals surface area (Å²) >= 11 is 0. The van der Waals surface area contributed by atoms with E-state index in [-0.39, 0.29) is 17.9 Å². The van der Waals surface area contributed by atoms with Gasteiger partial charge in [-0.2, -0.15) is 0 Å². The third-order valence-corrected chi connectivity index (χ3v) is 5.65. The van der Waals surface area contributed by atoms with Gasteiger partial charge in [0.1, 0.15) is 5.75 Å². The predicted molar refractivity (Wildman–Crippen MR) is 89.3 cm³/mol. The van der Waals surface area contributed by atoms with Gasteiger partial charge in [0.05, 0.1) is 18.8 Å². The summed E-state index contributed by atoms with van der Waals surface area (Å²) in [5, 5.41) is 11.1. The van der Waals surface area contributed by atoms with Gasteiger partial charge in [-0.15, -0.1) is 0 Å². The summed E-state index contributed by atoms with van der Waals surface area (Å²) in [4.78, 5) is 14.5. The number of benzene rings is 1. The van der Waals surface area contributed by atoms with Crippen LogP contribution < -0.4 is 4.74 Å². The van der Waals surface area contributed by atoms with E-state index >= 15 is 0 Å². The fourth-order valence-corrected chi connectivity index (χ4v) is 4.38. The summed E-state index contributed by atoms with van der Waals surface area (Å²) in [5.41, 5.74) is 0.491. The summed E-state index contributed by atoms with van der Waals surface area (Å²) in [6, 6.07) is 7.95. The van der Waals surface area contributed by atoms with Gasteiger partial charge >= 0.3 is 0 Å². The second kappa shape index (κ2) is 6.52. The Kier molecular flexibility index (Phi) is 4.62. The van der Waals surface area contributed by atoms with Gasteiger partial charge in [0, 0.05) is 18.9 Å². The lowest BCUT2D eigenvalue weighted by molar-refractivity contribution is -0.155. The number of fused-ring (bicyclic) bond motifs is 1. The first-order chi connectivity index (χ1) is 11.1. The van der Waals surface area contributed by atoms with Crippen LogP contribution in [0.4, 0.5) is 0 Å². The molecule has 1 N–H and O–H groups in total. The quantitative estimate of drug-likeness (QED) is 0.930. The second-order valence-corrected chi connectivity index (χ2v) is 6.86. The molecular formula is C19H27NO3. The molecule has 2 fully saturated rings. The first-order valence-electron chi connectivity index (χ1n) is 8.75. The molecule has 2 aliphatic rings. The standard InChI is InChI=1S/C19H27NO3/c1-3-17(21)20-13-12-19(22)11-5-4-6-16(19)18(20)14-7-9-15(23-2)10-8-14/h7-10,16,18,22H,3-6,11-13H2,1-2H3/t16-,18-,19-/m1/s1. The zero-order chi connectivity index (χ0) is 16.4. The number of methoxy groups -OCH3 is 1. The van der Waals surface area contributed by atoms with Gasteiger partial charge in [0.15, 0.2) is 0 Å². The van der Waals surface area contributed by atoms with Crippen LogP contribution in [-0.4, -0.2) is 35.2 Å². The van der Waals surface area contributed by atoms with E-state index in [1.165, 1.54) is 0 Å². The number of amides is 1. The number of ether oxygens (including phenoxy) is 1. The Bertz CT molecular complexity index is 556. The minimum Gasteiger partial charge on any atom is -0.497 e. The van der Waals surface area contributed by atoms with Crippen LogP contribution in [0.1, 0.15) is 57.1 Å². The molecule has 3 atom stereocenters. The molecule has 126 valence electrons. The average Bonchev–Trinajstić information content (AvgIpc) is 2.59. The molecule has 23 heavy (non-hydrogen) atoms. The van der Waals surface area contributed by atoms with E-state index in [0.29, 0.717) is 19.4 Å². The number of piperidine rings is 1. The molecule has 0 unspecified atom stereocenters. The number of carbonyl (C=O) groups excluding carboxylic acids is 1. The van der Waals surface area contributed by atoms with Gasteiger partial charge in [-0.25, -0.2) is 0 Å². The van der Waals surface area contributed by atoms with Crippen LogP contribution in [0.2, 0.25) is 0 Å². The van der Waals surface area contributed by atoms with E-state index in [1.807, 2.05) is 36.1 Å². The summed E-state index contributed by atoms with van der Waals surface area (Å²) in [5.74, 6) is 1.13. The van der Waals surface area contributed by atoms with Crippen molar-refractivity contribution in [2.75, 3.05) is 13.7 Å². The molecule has 1 aliphatic carbocycles. The molecule has 1 aromatic rings. The van der Waals surface area contributed by atoms with Gasteiger partial charge in [0.2, 0.25) is 5.91 Å². The Balaban J connectivity index is 1.98. The van der Waals surface area contributed by atoms with E-state index < -0.39 is 5.60 Å². The maximum atomic E-state index is 12.5. The first kappa shape index (κ1) is 16.3. The highest BCUT2D eigenvalue weighted by Crippen LogP contribution is 2.49. The predicted octanol–water partition coefficient (Wildman–Crippen LogP) is 3.30. The highest BCUT2D eigenvalue weighted by Gasteiger charge is 2.49. The molecule has 3 rings (SSSR count). The van der Waals surface area contributed by atoms with Crippen LogP contribution in [0.15, 0.2) is 24.3 Å². The lowest BCUT2D eigenvalue weighted by Gasteiger charge is -2.52. The third-order valence-electron chi connectivity index (χ3n) is 5.65. The summed E-state index contributed by atoms with van der Waals surface area (Å²) < 4.78 is 5.25. The van der Waals surface area contributed by atoms with Crippen LogP contribution in [0.25, 0.3) is 0 Å². The average molecular weight is 317 g/mol. The van der Waals surface area contributed by atoms with Crippen LogP contribution in [0.3, 0.4) is 0 Å². The minimum absolute atomic E-state index is 0.0209. The van der Waals surface area contributed by atoms with Crippen molar-refractivity contribution in [3.8, 4) is 5.75 Å². The monoisotopic (exact) mass is 317 g/mol. The third kappa shape index (κ3) is 2.97. The molecule has 0 bridgehead atoms. The summed E-state index contributed by atoms with van der Waals surface area (Å²) in [6.07, 6.45) is 5.28. The first-order valence-corrected chi connectivity index (χ1v) is 8.75. The Labute approximate surface area is 138 Å². The van der Waals surface area contributed by atoms with Gasteiger partial charge < -0.3 is 14.7 Å². The molecule has 4 nitrogen and oxygen atoms in total. The Morgan fingerprint density at radius 2 is 2.04 bits per heavy atom. The van der Waals surface area contributed by atoms with Gasteiger partial charge in [0.25, 0.3) is 0 Å². The normalized spacial score (nSPS) is 30.7. The molecule has 1 aromatic carbocycles. The molecule has 0 spiro atoms. The molecule has 1 aliphatic heterocycles. The van der Waals surface area contributed by atoms with Crippen LogP contribution >= 0.6 is 0 Å². The molecule has 4 heteroatoms. The van der Waals surface area contributed by atoms with Crippen LogP contribution in [0.5, 0.6) is 5.75 Å². The number of aliphatic hydroxyl groups is 1. The van der Waals surface area contributed by atoms with Crippen molar-refractivity contribution >= 4 is 5.91 Å². The number of hydrogen-bond acceptors (Lipinski definition) is 3. The van der Waals surface area contributed by atoms with Gasteiger partial charge in [-0.05, 0) is 37.0 Å². The van der Waals surface area contributed by atoms with Crippen LogP contribution in [0, 0.1) is 5.92 Å². The fourth-order valence-electron chi connectivity index (χ4n) is 4.38. The van der Waals surface area contributed by atoms with Crippen molar-refractivity contribution < 1.29 is 14.6 Å².